The van der Waals surface area contributed by atoms with Crippen LogP contribution < -0.4 is 10.6 Å². The first-order valence-electron chi connectivity index (χ1n) is 10.2. The Bertz CT molecular complexity index is 1270. The van der Waals surface area contributed by atoms with Gasteiger partial charge >= 0.3 is 0 Å². The molecule has 0 saturated heterocycles. The Labute approximate surface area is 191 Å². The third-order valence-corrected chi connectivity index (χ3v) is 5.73. The number of thioether (sulfide) groups is 1. The van der Waals surface area contributed by atoms with Crippen LogP contribution in [-0.2, 0) is 9.59 Å². The van der Waals surface area contributed by atoms with Gasteiger partial charge in [0.2, 0.25) is 11.8 Å². The summed E-state index contributed by atoms with van der Waals surface area (Å²) < 4.78 is 0. The zero-order chi connectivity index (χ0) is 22.2. The molecule has 2 amide bonds. The Kier molecular flexibility index (Phi) is 7.00. The molecule has 4 rings (SSSR count). The number of benzene rings is 4. The summed E-state index contributed by atoms with van der Waals surface area (Å²) in [5.41, 5.74) is 2.43. The predicted octanol–water partition coefficient (Wildman–Crippen LogP) is 6.22. The minimum absolute atomic E-state index is 0.0782. The van der Waals surface area contributed by atoms with Crippen molar-refractivity contribution in [1.29, 1.82) is 0 Å². The van der Waals surface area contributed by atoms with Crippen LogP contribution in [0.3, 0.4) is 0 Å². The maximum atomic E-state index is 12.4. The number of nitrogens with one attached hydrogen (secondary N) is 2. The van der Waals surface area contributed by atoms with Crippen molar-refractivity contribution in [1.82, 2.24) is 0 Å². The van der Waals surface area contributed by atoms with E-state index in [1.807, 2.05) is 97.1 Å². The van der Waals surface area contributed by atoms with Gasteiger partial charge in [-0.25, -0.2) is 0 Å². The number of anilines is 2. The zero-order valence-corrected chi connectivity index (χ0v) is 18.1. The van der Waals surface area contributed by atoms with E-state index < -0.39 is 0 Å². The molecular weight excluding hydrogens is 416 g/mol. The molecule has 5 heteroatoms. The van der Waals surface area contributed by atoms with E-state index in [1.165, 1.54) is 17.8 Å². The van der Waals surface area contributed by atoms with Crippen LogP contribution in [0.2, 0.25) is 0 Å². The van der Waals surface area contributed by atoms with Gasteiger partial charge in [0.25, 0.3) is 0 Å². The fraction of sp³-hybridized carbons (Fsp3) is 0.0370. The van der Waals surface area contributed by atoms with E-state index in [9.17, 15) is 9.59 Å². The van der Waals surface area contributed by atoms with Crippen LogP contribution in [0.1, 0.15) is 5.56 Å². The van der Waals surface area contributed by atoms with E-state index in [4.69, 9.17) is 0 Å². The van der Waals surface area contributed by atoms with Gasteiger partial charge in [0.15, 0.2) is 0 Å². The Morgan fingerprint density at radius 3 is 2.31 bits per heavy atom. The van der Waals surface area contributed by atoms with Gasteiger partial charge in [0, 0.05) is 22.3 Å². The monoisotopic (exact) mass is 438 g/mol. The molecule has 158 valence electrons. The van der Waals surface area contributed by atoms with Crippen molar-refractivity contribution >= 4 is 51.8 Å². The SMILES string of the molecule is O=C(/C=C/c1ccccc1)Nc1cccc(SCC(=O)Nc2ccc3ccccc3c2)c1. The summed E-state index contributed by atoms with van der Waals surface area (Å²) in [7, 11) is 0. The highest BCUT2D eigenvalue weighted by atomic mass is 32.2. The Hall–Kier alpha value is -3.83. The lowest BCUT2D eigenvalue weighted by Gasteiger charge is -2.08. The summed E-state index contributed by atoms with van der Waals surface area (Å²) in [6.45, 7) is 0. The second-order valence-corrected chi connectivity index (χ2v) is 8.21. The number of carbonyl (C=O) groups excluding carboxylic acids is 2. The Morgan fingerprint density at radius 1 is 0.719 bits per heavy atom. The quantitative estimate of drug-likeness (QED) is 0.266. The molecule has 32 heavy (non-hydrogen) atoms. The van der Waals surface area contributed by atoms with E-state index in [-0.39, 0.29) is 17.6 Å². The average Bonchev–Trinajstić information content (AvgIpc) is 2.82. The van der Waals surface area contributed by atoms with Crippen LogP contribution in [0.4, 0.5) is 11.4 Å². The number of amides is 2. The summed E-state index contributed by atoms with van der Waals surface area (Å²) in [6, 6.07) is 31.0. The highest BCUT2D eigenvalue weighted by Gasteiger charge is 2.06. The molecule has 4 nitrogen and oxygen atoms in total. The van der Waals surface area contributed by atoms with E-state index >= 15 is 0 Å². The van der Waals surface area contributed by atoms with Gasteiger partial charge in [0.05, 0.1) is 5.75 Å². The zero-order valence-electron chi connectivity index (χ0n) is 17.3. The molecule has 0 unspecified atom stereocenters. The third-order valence-electron chi connectivity index (χ3n) is 4.73. The average molecular weight is 439 g/mol. The molecule has 4 aromatic carbocycles. The molecule has 0 spiro atoms. The largest absolute Gasteiger partial charge is 0.325 e. The number of fused-ring (bicyclic) bond motifs is 1. The molecule has 0 fully saturated rings. The summed E-state index contributed by atoms with van der Waals surface area (Å²) >= 11 is 1.42. The van der Waals surface area contributed by atoms with Crippen molar-refractivity contribution in [3.8, 4) is 0 Å². The van der Waals surface area contributed by atoms with Crippen LogP contribution in [0, 0.1) is 0 Å². The van der Waals surface area contributed by atoms with Crippen molar-refractivity contribution < 1.29 is 9.59 Å². The Morgan fingerprint density at radius 2 is 1.47 bits per heavy atom. The molecule has 0 aliphatic rings. The van der Waals surface area contributed by atoms with Crippen molar-refractivity contribution in [2.45, 2.75) is 4.90 Å². The minimum atomic E-state index is -0.204. The van der Waals surface area contributed by atoms with E-state index in [2.05, 4.69) is 10.6 Å². The number of hydrogen-bond acceptors (Lipinski definition) is 3. The number of rotatable bonds is 7. The molecule has 4 aromatic rings. The molecule has 0 aliphatic heterocycles. The Balaban J connectivity index is 1.30. The molecule has 0 atom stereocenters. The van der Waals surface area contributed by atoms with Crippen LogP contribution >= 0.6 is 11.8 Å². The van der Waals surface area contributed by atoms with Gasteiger partial charge < -0.3 is 10.6 Å². The van der Waals surface area contributed by atoms with Gasteiger partial charge in [-0.05, 0) is 52.7 Å². The van der Waals surface area contributed by atoms with Gasteiger partial charge in [-0.1, -0.05) is 66.7 Å². The van der Waals surface area contributed by atoms with Crippen molar-refractivity contribution in [3.63, 3.8) is 0 Å². The van der Waals surface area contributed by atoms with Gasteiger partial charge in [-0.15, -0.1) is 11.8 Å². The molecule has 0 saturated carbocycles. The normalized spacial score (nSPS) is 10.9. The summed E-state index contributed by atoms with van der Waals surface area (Å²) in [5.74, 6) is -0.00596. The summed E-state index contributed by atoms with van der Waals surface area (Å²) in [4.78, 5) is 25.5. The lowest BCUT2D eigenvalue weighted by molar-refractivity contribution is -0.114. The fourth-order valence-corrected chi connectivity index (χ4v) is 3.95. The van der Waals surface area contributed by atoms with Crippen LogP contribution in [-0.4, -0.2) is 17.6 Å². The standard InChI is InChI=1S/C27H22N2O2S/c30-26(16-13-20-7-2-1-3-8-20)28-23-11-6-12-25(18-23)32-19-27(31)29-24-15-14-21-9-4-5-10-22(21)17-24/h1-18H,19H2,(H,28,30)(H,29,31)/b16-13+. The van der Waals surface area contributed by atoms with Gasteiger partial charge in [-0.3, -0.25) is 9.59 Å². The maximum Gasteiger partial charge on any atom is 0.248 e. The molecule has 0 heterocycles. The molecular formula is C27H22N2O2S. The first kappa shape index (κ1) is 21.4. The molecule has 0 bridgehead atoms. The second-order valence-electron chi connectivity index (χ2n) is 7.16. The van der Waals surface area contributed by atoms with Crippen LogP contribution in [0.5, 0.6) is 0 Å². The summed E-state index contributed by atoms with van der Waals surface area (Å²) in [6.07, 6.45) is 3.28. The second kappa shape index (κ2) is 10.5. The van der Waals surface area contributed by atoms with Crippen molar-refractivity contribution in [2.75, 3.05) is 16.4 Å². The predicted molar refractivity (Wildman–Crippen MR) is 134 cm³/mol. The summed E-state index contributed by atoms with van der Waals surface area (Å²) in [5, 5.41) is 8.02. The fourth-order valence-electron chi connectivity index (χ4n) is 3.20. The lowest BCUT2D eigenvalue weighted by atomic mass is 10.1. The third kappa shape index (κ3) is 6.09. The van der Waals surface area contributed by atoms with E-state index in [0.29, 0.717) is 5.69 Å². The highest BCUT2D eigenvalue weighted by Crippen LogP contribution is 2.23. The van der Waals surface area contributed by atoms with Crippen molar-refractivity contribution in [3.05, 3.63) is 109 Å². The molecule has 0 aliphatic carbocycles. The topological polar surface area (TPSA) is 58.2 Å². The molecule has 0 radical (unpaired) electrons. The first-order valence-corrected chi connectivity index (χ1v) is 11.2. The minimum Gasteiger partial charge on any atom is -0.325 e. The van der Waals surface area contributed by atoms with Gasteiger partial charge in [-0.2, -0.15) is 0 Å². The molecule has 2 N–H and O–H groups in total. The van der Waals surface area contributed by atoms with Crippen LogP contribution in [0.25, 0.3) is 16.8 Å². The first-order chi connectivity index (χ1) is 15.7. The van der Waals surface area contributed by atoms with Crippen molar-refractivity contribution in [2.24, 2.45) is 0 Å². The molecule has 0 aromatic heterocycles. The maximum absolute atomic E-state index is 12.4. The number of hydrogen-bond donors (Lipinski definition) is 2. The van der Waals surface area contributed by atoms with Crippen LogP contribution in [0.15, 0.2) is 108 Å². The lowest BCUT2D eigenvalue weighted by Crippen LogP contribution is -2.14. The number of carbonyl (C=O) groups is 2. The smallest absolute Gasteiger partial charge is 0.248 e. The van der Waals surface area contributed by atoms with E-state index in [1.54, 1.807) is 6.08 Å². The highest BCUT2D eigenvalue weighted by molar-refractivity contribution is 8.00. The van der Waals surface area contributed by atoms with E-state index in [0.717, 1.165) is 26.9 Å². The van der Waals surface area contributed by atoms with Gasteiger partial charge in [0.1, 0.15) is 0 Å².